The molecule has 0 aliphatic rings. The molecule has 0 spiro atoms. The van der Waals surface area contributed by atoms with Crippen molar-refractivity contribution in [3.8, 4) is 5.75 Å². The Kier molecular flexibility index (Phi) is 5.89. The highest BCUT2D eigenvalue weighted by molar-refractivity contribution is 6.45. The van der Waals surface area contributed by atoms with E-state index in [1.54, 1.807) is 7.05 Å². The van der Waals surface area contributed by atoms with Gasteiger partial charge in [-0.2, -0.15) is 0 Å². The van der Waals surface area contributed by atoms with Crippen molar-refractivity contribution in [2.45, 2.75) is 26.9 Å². The topological polar surface area (TPSA) is 56.8 Å². The normalized spacial score (nSPS) is 13.2. The summed E-state index contributed by atoms with van der Waals surface area (Å²) in [7, 11) is 3.10. The molecule has 0 aromatic heterocycles. The molecule has 0 saturated heterocycles. The van der Waals surface area contributed by atoms with Crippen molar-refractivity contribution in [1.29, 1.82) is 0 Å². The van der Waals surface area contributed by atoms with Crippen LogP contribution in [-0.2, 0) is 4.74 Å². The van der Waals surface area contributed by atoms with E-state index in [9.17, 15) is 0 Å². The average molecular weight is 297 g/mol. The van der Waals surface area contributed by atoms with Crippen LogP contribution in [0.4, 0.5) is 0 Å². The fraction of sp³-hybridized carbons (Fsp3) is 0.400. The largest absolute Gasteiger partial charge is 0.491 e. The summed E-state index contributed by atoms with van der Waals surface area (Å²) < 4.78 is 10.8. The number of halogens is 1. The van der Waals surface area contributed by atoms with E-state index < -0.39 is 0 Å². The number of aliphatic imine (C=N–C) groups is 1. The number of nitrogens with two attached hydrogens (primary N) is 1. The molecule has 1 rings (SSSR count). The van der Waals surface area contributed by atoms with Gasteiger partial charge in [0.25, 0.3) is 0 Å². The van der Waals surface area contributed by atoms with Gasteiger partial charge in [-0.3, -0.25) is 4.99 Å². The van der Waals surface area contributed by atoms with E-state index in [0.717, 1.165) is 16.9 Å². The quantitative estimate of drug-likeness (QED) is 0.685. The van der Waals surface area contributed by atoms with E-state index >= 15 is 0 Å². The summed E-state index contributed by atoms with van der Waals surface area (Å²) in [6.45, 7) is 5.94. The van der Waals surface area contributed by atoms with E-state index in [1.165, 1.54) is 7.11 Å². The second-order valence-electron chi connectivity index (χ2n) is 4.61. The predicted octanol–water partition coefficient (Wildman–Crippen LogP) is 3.32. The Balaban J connectivity index is 3.15. The number of benzene rings is 1. The van der Waals surface area contributed by atoms with Crippen molar-refractivity contribution in [3.05, 3.63) is 34.4 Å². The molecule has 4 nitrogen and oxygen atoms in total. The van der Waals surface area contributed by atoms with Gasteiger partial charge < -0.3 is 15.2 Å². The SMILES string of the molecule is CN=C(OC)C(Cl)=C(N)c1ccc(OC(C)C)c(C)c1. The lowest BCUT2D eigenvalue weighted by Gasteiger charge is -2.14. The summed E-state index contributed by atoms with van der Waals surface area (Å²) in [6.07, 6.45) is 0.128. The maximum Gasteiger partial charge on any atom is 0.229 e. The third kappa shape index (κ3) is 3.90. The lowest BCUT2D eigenvalue weighted by molar-refractivity contribution is 0.241. The molecular formula is C15H21ClN2O2. The molecule has 2 N–H and O–H groups in total. The van der Waals surface area contributed by atoms with Gasteiger partial charge >= 0.3 is 0 Å². The number of hydrogen-bond donors (Lipinski definition) is 1. The zero-order valence-corrected chi connectivity index (χ0v) is 13.3. The number of hydrogen-bond acceptors (Lipinski definition) is 4. The smallest absolute Gasteiger partial charge is 0.229 e. The van der Waals surface area contributed by atoms with E-state index in [-0.39, 0.29) is 6.10 Å². The van der Waals surface area contributed by atoms with Crippen LogP contribution in [0.2, 0.25) is 0 Å². The van der Waals surface area contributed by atoms with E-state index in [1.807, 2.05) is 39.0 Å². The monoisotopic (exact) mass is 296 g/mol. The molecule has 5 heteroatoms. The third-order valence-electron chi connectivity index (χ3n) is 2.67. The van der Waals surface area contributed by atoms with Crippen LogP contribution in [0.1, 0.15) is 25.0 Å². The first-order valence-corrected chi connectivity index (χ1v) is 6.72. The Hall–Kier alpha value is -1.68. The number of nitrogens with zero attached hydrogens (tertiary/aromatic N) is 1. The molecule has 20 heavy (non-hydrogen) atoms. The van der Waals surface area contributed by atoms with Gasteiger partial charge in [-0.15, -0.1) is 0 Å². The Morgan fingerprint density at radius 1 is 1.35 bits per heavy atom. The Morgan fingerprint density at radius 3 is 2.45 bits per heavy atom. The molecule has 0 bridgehead atoms. The highest BCUT2D eigenvalue weighted by Gasteiger charge is 2.12. The first-order chi connectivity index (χ1) is 9.40. The molecule has 0 fully saturated rings. The standard InChI is InChI=1S/C15H21ClN2O2/c1-9(2)20-12-7-6-11(8-10(12)3)14(17)13(16)15(18-4)19-5/h6-9H,17H2,1-5H3. The minimum Gasteiger partial charge on any atom is -0.491 e. The van der Waals surface area contributed by atoms with E-state index in [0.29, 0.717) is 16.6 Å². The summed E-state index contributed by atoms with van der Waals surface area (Å²) >= 11 is 6.18. The Morgan fingerprint density at radius 2 is 2.00 bits per heavy atom. The van der Waals surface area contributed by atoms with Crippen LogP contribution < -0.4 is 10.5 Å². The third-order valence-corrected chi connectivity index (χ3v) is 3.03. The van der Waals surface area contributed by atoms with Crippen LogP contribution in [0.25, 0.3) is 5.70 Å². The molecular weight excluding hydrogens is 276 g/mol. The maximum absolute atomic E-state index is 6.18. The first kappa shape index (κ1) is 16.4. The van der Waals surface area contributed by atoms with Crippen molar-refractivity contribution in [3.63, 3.8) is 0 Å². The van der Waals surface area contributed by atoms with Gasteiger partial charge in [0.1, 0.15) is 10.8 Å². The molecule has 1 aromatic carbocycles. The Labute approximate surface area is 125 Å². The van der Waals surface area contributed by atoms with Gasteiger partial charge in [0.15, 0.2) is 0 Å². The van der Waals surface area contributed by atoms with Gasteiger partial charge in [-0.05, 0) is 50.1 Å². The minimum atomic E-state index is 0.128. The van der Waals surface area contributed by atoms with Crippen molar-refractivity contribution in [2.75, 3.05) is 14.2 Å². The molecule has 0 amide bonds. The number of ether oxygens (including phenoxy) is 2. The number of rotatable bonds is 4. The zero-order valence-electron chi connectivity index (χ0n) is 12.5. The van der Waals surface area contributed by atoms with Crippen molar-refractivity contribution < 1.29 is 9.47 Å². The maximum atomic E-state index is 6.18. The highest BCUT2D eigenvalue weighted by Crippen LogP contribution is 2.25. The molecule has 0 atom stereocenters. The van der Waals surface area contributed by atoms with Crippen LogP contribution >= 0.6 is 11.6 Å². The molecule has 0 heterocycles. The molecule has 0 aliphatic heterocycles. The van der Waals surface area contributed by atoms with Crippen LogP contribution in [0.5, 0.6) is 5.75 Å². The van der Waals surface area contributed by atoms with Gasteiger partial charge in [0.2, 0.25) is 5.90 Å². The summed E-state index contributed by atoms with van der Waals surface area (Å²) in [4.78, 5) is 3.93. The van der Waals surface area contributed by atoms with Crippen LogP contribution in [0.15, 0.2) is 28.2 Å². The van der Waals surface area contributed by atoms with Gasteiger partial charge in [0, 0.05) is 7.05 Å². The van der Waals surface area contributed by atoms with Crippen LogP contribution in [0.3, 0.4) is 0 Å². The van der Waals surface area contributed by atoms with Gasteiger partial charge in [-0.25, -0.2) is 0 Å². The molecule has 1 aromatic rings. The van der Waals surface area contributed by atoms with Crippen molar-refractivity contribution in [1.82, 2.24) is 0 Å². The van der Waals surface area contributed by atoms with Crippen molar-refractivity contribution in [2.24, 2.45) is 10.7 Å². The molecule has 0 unspecified atom stereocenters. The highest BCUT2D eigenvalue weighted by atomic mass is 35.5. The summed E-state index contributed by atoms with van der Waals surface area (Å²) in [5.74, 6) is 1.15. The first-order valence-electron chi connectivity index (χ1n) is 6.34. The fourth-order valence-corrected chi connectivity index (χ4v) is 1.99. The van der Waals surface area contributed by atoms with Crippen LogP contribution in [-0.4, -0.2) is 26.2 Å². The molecule has 0 radical (unpaired) electrons. The molecule has 110 valence electrons. The lowest BCUT2D eigenvalue weighted by atomic mass is 10.1. The Bertz CT molecular complexity index is 537. The summed E-state index contributed by atoms with van der Waals surface area (Å²) in [5.41, 5.74) is 8.28. The van der Waals surface area contributed by atoms with Crippen LogP contribution in [0, 0.1) is 6.92 Å². The fourth-order valence-electron chi connectivity index (χ4n) is 1.72. The van der Waals surface area contributed by atoms with Gasteiger partial charge in [-0.1, -0.05) is 11.6 Å². The molecule has 0 saturated carbocycles. The summed E-state index contributed by atoms with van der Waals surface area (Å²) in [6, 6.07) is 5.68. The second kappa shape index (κ2) is 7.20. The summed E-state index contributed by atoms with van der Waals surface area (Å²) in [5, 5.41) is 0.298. The zero-order chi connectivity index (χ0) is 15.3. The minimum absolute atomic E-state index is 0.128. The van der Waals surface area contributed by atoms with E-state index in [4.69, 9.17) is 26.8 Å². The van der Waals surface area contributed by atoms with Gasteiger partial charge in [0.05, 0.1) is 18.9 Å². The second-order valence-corrected chi connectivity index (χ2v) is 4.99. The number of aryl methyl sites for hydroxylation is 1. The molecule has 0 aliphatic carbocycles. The average Bonchev–Trinajstić information content (AvgIpc) is 2.41. The number of methoxy groups -OCH3 is 1. The lowest BCUT2D eigenvalue weighted by Crippen LogP contribution is -2.10. The predicted molar refractivity (Wildman–Crippen MR) is 84.3 cm³/mol. The van der Waals surface area contributed by atoms with Crippen molar-refractivity contribution >= 4 is 23.2 Å². The van der Waals surface area contributed by atoms with E-state index in [2.05, 4.69) is 4.99 Å².